The summed E-state index contributed by atoms with van der Waals surface area (Å²) in [4.78, 5) is 21.5. The zero-order chi connectivity index (χ0) is 19.4. The van der Waals surface area contributed by atoms with Crippen LogP contribution in [0.5, 0.6) is 0 Å². The number of aromatic amines is 1. The third-order valence-electron chi connectivity index (χ3n) is 5.39. The first-order valence-electron chi connectivity index (χ1n) is 9.53. The molecule has 0 spiro atoms. The van der Waals surface area contributed by atoms with Crippen LogP contribution in [0, 0.1) is 5.82 Å². The molecule has 28 heavy (non-hydrogen) atoms. The maximum absolute atomic E-state index is 13.7. The standard InChI is InChI=1S/C21H22FN5O/c22-17-5-3-4-16(14-17)21(9-1-2-10-21)20(28)24-13-8-18-25-19(27-26-18)15-6-11-23-12-7-15/h3-7,11-12,14H,1-2,8-10,13H2,(H,24,28)(H,25,26,27). The van der Waals surface area contributed by atoms with E-state index in [0.29, 0.717) is 24.6 Å². The molecule has 1 saturated carbocycles. The van der Waals surface area contributed by atoms with Gasteiger partial charge < -0.3 is 5.32 Å². The van der Waals surface area contributed by atoms with Crippen LogP contribution < -0.4 is 5.32 Å². The molecule has 1 aromatic carbocycles. The smallest absolute Gasteiger partial charge is 0.230 e. The fraction of sp³-hybridized carbons (Fsp3) is 0.333. The molecule has 1 aliphatic rings. The van der Waals surface area contributed by atoms with Gasteiger partial charge in [0.05, 0.1) is 5.41 Å². The molecular formula is C21H22FN5O. The van der Waals surface area contributed by atoms with Crippen LogP contribution in [0.3, 0.4) is 0 Å². The summed E-state index contributed by atoms with van der Waals surface area (Å²) in [7, 11) is 0. The Morgan fingerprint density at radius 3 is 2.71 bits per heavy atom. The molecule has 0 saturated heterocycles. The Morgan fingerprint density at radius 1 is 1.18 bits per heavy atom. The second kappa shape index (κ2) is 7.88. The largest absolute Gasteiger partial charge is 0.355 e. The molecular weight excluding hydrogens is 357 g/mol. The van der Waals surface area contributed by atoms with Crippen LogP contribution in [-0.4, -0.2) is 32.6 Å². The molecule has 0 atom stereocenters. The highest BCUT2D eigenvalue weighted by atomic mass is 19.1. The van der Waals surface area contributed by atoms with Crippen LogP contribution in [0.25, 0.3) is 11.4 Å². The molecule has 0 radical (unpaired) electrons. The van der Waals surface area contributed by atoms with E-state index in [1.54, 1.807) is 18.5 Å². The molecule has 2 heterocycles. The summed E-state index contributed by atoms with van der Waals surface area (Å²) in [6, 6.07) is 10.1. The minimum absolute atomic E-state index is 0.0375. The van der Waals surface area contributed by atoms with Gasteiger partial charge in [0.15, 0.2) is 5.82 Å². The van der Waals surface area contributed by atoms with Gasteiger partial charge in [-0.05, 0) is 42.7 Å². The Kier molecular flexibility index (Phi) is 5.14. The average molecular weight is 379 g/mol. The number of amides is 1. The van der Waals surface area contributed by atoms with E-state index in [0.717, 1.165) is 36.8 Å². The summed E-state index contributed by atoms with van der Waals surface area (Å²) in [6.07, 6.45) is 7.37. The molecule has 4 rings (SSSR count). The number of benzene rings is 1. The highest BCUT2D eigenvalue weighted by molar-refractivity contribution is 5.88. The Hall–Kier alpha value is -3.09. The topological polar surface area (TPSA) is 83.6 Å². The fourth-order valence-electron chi connectivity index (χ4n) is 3.91. The summed E-state index contributed by atoms with van der Waals surface area (Å²) in [5.41, 5.74) is 1.02. The van der Waals surface area contributed by atoms with E-state index in [-0.39, 0.29) is 11.7 Å². The maximum atomic E-state index is 13.7. The molecule has 2 aromatic heterocycles. The van der Waals surface area contributed by atoms with E-state index >= 15 is 0 Å². The summed E-state index contributed by atoms with van der Waals surface area (Å²) in [5.74, 6) is 0.973. The van der Waals surface area contributed by atoms with Crippen LogP contribution in [0.2, 0.25) is 0 Å². The second-order valence-electron chi connectivity index (χ2n) is 7.15. The minimum Gasteiger partial charge on any atom is -0.355 e. The van der Waals surface area contributed by atoms with E-state index in [9.17, 15) is 9.18 Å². The number of hydrogen-bond acceptors (Lipinski definition) is 4. The lowest BCUT2D eigenvalue weighted by Gasteiger charge is -2.28. The van der Waals surface area contributed by atoms with Gasteiger partial charge in [-0.3, -0.25) is 14.9 Å². The molecule has 7 heteroatoms. The van der Waals surface area contributed by atoms with E-state index < -0.39 is 5.41 Å². The molecule has 144 valence electrons. The number of pyridine rings is 1. The predicted molar refractivity (Wildman–Crippen MR) is 103 cm³/mol. The lowest BCUT2D eigenvalue weighted by molar-refractivity contribution is -0.126. The van der Waals surface area contributed by atoms with Gasteiger partial charge in [0.1, 0.15) is 11.6 Å². The van der Waals surface area contributed by atoms with Crippen LogP contribution in [0.15, 0.2) is 48.8 Å². The lowest BCUT2D eigenvalue weighted by Crippen LogP contribution is -2.43. The van der Waals surface area contributed by atoms with Crippen LogP contribution in [0.4, 0.5) is 4.39 Å². The zero-order valence-corrected chi connectivity index (χ0v) is 15.5. The van der Waals surface area contributed by atoms with Gasteiger partial charge in [0.2, 0.25) is 5.91 Å². The maximum Gasteiger partial charge on any atom is 0.230 e. The van der Waals surface area contributed by atoms with E-state index in [1.807, 2.05) is 18.2 Å². The van der Waals surface area contributed by atoms with Gasteiger partial charge in [0.25, 0.3) is 0 Å². The van der Waals surface area contributed by atoms with E-state index in [4.69, 9.17) is 0 Å². The van der Waals surface area contributed by atoms with Crippen molar-refractivity contribution in [2.24, 2.45) is 0 Å². The molecule has 1 amide bonds. The van der Waals surface area contributed by atoms with Gasteiger partial charge in [0, 0.05) is 30.9 Å². The Bertz CT molecular complexity index is 950. The number of nitrogens with one attached hydrogen (secondary N) is 2. The van der Waals surface area contributed by atoms with Crippen molar-refractivity contribution in [3.8, 4) is 11.4 Å². The summed E-state index contributed by atoms with van der Waals surface area (Å²) in [5, 5.41) is 10.1. The number of carbonyl (C=O) groups excluding carboxylic acids is 1. The SMILES string of the molecule is O=C(NCCc1nc(-c2ccncc2)n[nH]1)C1(c2cccc(F)c2)CCCC1. The van der Waals surface area contributed by atoms with Crippen molar-refractivity contribution in [2.45, 2.75) is 37.5 Å². The Morgan fingerprint density at radius 2 is 1.96 bits per heavy atom. The molecule has 1 fully saturated rings. The Balaban J connectivity index is 1.40. The molecule has 1 aliphatic carbocycles. The molecule has 0 bridgehead atoms. The fourth-order valence-corrected chi connectivity index (χ4v) is 3.91. The van der Waals surface area contributed by atoms with E-state index in [2.05, 4.69) is 25.5 Å². The average Bonchev–Trinajstić information content (AvgIpc) is 3.39. The van der Waals surface area contributed by atoms with Crippen molar-refractivity contribution in [3.05, 3.63) is 66.0 Å². The third-order valence-corrected chi connectivity index (χ3v) is 5.39. The van der Waals surface area contributed by atoms with Gasteiger partial charge in [-0.2, -0.15) is 5.10 Å². The third kappa shape index (κ3) is 3.65. The second-order valence-corrected chi connectivity index (χ2v) is 7.15. The summed E-state index contributed by atoms with van der Waals surface area (Å²) in [6.45, 7) is 0.445. The summed E-state index contributed by atoms with van der Waals surface area (Å²) < 4.78 is 13.7. The number of carbonyl (C=O) groups is 1. The normalized spacial score (nSPS) is 15.5. The van der Waals surface area contributed by atoms with Crippen molar-refractivity contribution in [1.29, 1.82) is 0 Å². The van der Waals surface area contributed by atoms with Crippen molar-refractivity contribution < 1.29 is 9.18 Å². The number of aromatic nitrogens is 4. The van der Waals surface area contributed by atoms with Crippen molar-refractivity contribution >= 4 is 5.91 Å². The molecule has 0 unspecified atom stereocenters. The van der Waals surface area contributed by atoms with Crippen molar-refractivity contribution in [2.75, 3.05) is 6.54 Å². The molecule has 2 N–H and O–H groups in total. The minimum atomic E-state index is -0.633. The van der Waals surface area contributed by atoms with Crippen LogP contribution in [0.1, 0.15) is 37.1 Å². The van der Waals surface area contributed by atoms with Crippen LogP contribution in [-0.2, 0) is 16.6 Å². The van der Waals surface area contributed by atoms with Crippen molar-refractivity contribution in [1.82, 2.24) is 25.5 Å². The van der Waals surface area contributed by atoms with E-state index in [1.165, 1.54) is 12.1 Å². The predicted octanol–water partition coefficient (Wildman–Crippen LogP) is 3.18. The van der Waals surface area contributed by atoms with Gasteiger partial charge in [-0.1, -0.05) is 25.0 Å². The summed E-state index contributed by atoms with van der Waals surface area (Å²) >= 11 is 0. The highest BCUT2D eigenvalue weighted by Crippen LogP contribution is 2.41. The number of H-pyrrole nitrogens is 1. The highest BCUT2D eigenvalue weighted by Gasteiger charge is 2.42. The molecule has 3 aromatic rings. The van der Waals surface area contributed by atoms with Gasteiger partial charge in [-0.15, -0.1) is 0 Å². The van der Waals surface area contributed by atoms with Crippen molar-refractivity contribution in [3.63, 3.8) is 0 Å². The number of hydrogen-bond donors (Lipinski definition) is 2. The van der Waals surface area contributed by atoms with Gasteiger partial charge in [-0.25, -0.2) is 9.37 Å². The first-order valence-corrected chi connectivity index (χ1v) is 9.53. The number of rotatable bonds is 6. The first-order chi connectivity index (χ1) is 13.7. The first kappa shape index (κ1) is 18.3. The monoisotopic (exact) mass is 379 g/mol. The molecule has 6 nitrogen and oxygen atoms in total. The lowest BCUT2D eigenvalue weighted by atomic mass is 9.78. The zero-order valence-electron chi connectivity index (χ0n) is 15.5. The van der Waals surface area contributed by atoms with Crippen LogP contribution >= 0.6 is 0 Å². The number of halogens is 1. The molecule has 0 aliphatic heterocycles. The Labute approximate surface area is 162 Å². The quantitative estimate of drug-likeness (QED) is 0.689. The number of nitrogens with zero attached hydrogens (tertiary/aromatic N) is 3. The van der Waals surface area contributed by atoms with Gasteiger partial charge >= 0.3 is 0 Å².